The minimum absolute atomic E-state index is 0.00367. The predicted molar refractivity (Wildman–Crippen MR) is 94.7 cm³/mol. The summed E-state index contributed by atoms with van der Waals surface area (Å²) in [6.07, 6.45) is 2.90. The van der Waals surface area contributed by atoms with Gasteiger partial charge >= 0.3 is 0 Å². The van der Waals surface area contributed by atoms with Crippen molar-refractivity contribution in [2.75, 3.05) is 5.32 Å². The number of aryl methyl sites for hydroxylation is 1. The van der Waals surface area contributed by atoms with Gasteiger partial charge in [-0.3, -0.25) is 14.9 Å². The van der Waals surface area contributed by atoms with Crippen molar-refractivity contribution in [3.63, 3.8) is 0 Å². The standard InChI is InChI=1S/C16H13IN2O3/c1-11-9-13(17)6-7-15(11)18-16(20)8-5-12-3-2-4-14(10-12)19(21)22/h2-10H,1H3,(H,18,20). The molecule has 0 aromatic heterocycles. The minimum Gasteiger partial charge on any atom is -0.322 e. The van der Waals surface area contributed by atoms with E-state index in [1.165, 1.54) is 18.2 Å². The van der Waals surface area contributed by atoms with E-state index in [0.29, 0.717) is 5.56 Å². The number of non-ortho nitro benzene ring substituents is 1. The van der Waals surface area contributed by atoms with Crippen LogP contribution < -0.4 is 5.32 Å². The van der Waals surface area contributed by atoms with E-state index >= 15 is 0 Å². The molecular weight excluding hydrogens is 395 g/mol. The second kappa shape index (κ2) is 7.17. The molecular formula is C16H13IN2O3. The molecule has 22 heavy (non-hydrogen) atoms. The molecule has 1 N–H and O–H groups in total. The molecule has 1 amide bonds. The number of hydrogen-bond donors (Lipinski definition) is 1. The lowest BCUT2D eigenvalue weighted by Crippen LogP contribution is -2.08. The molecule has 0 radical (unpaired) electrons. The fraction of sp³-hybridized carbons (Fsp3) is 0.0625. The number of amides is 1. The molecule has 6 heteroatoms. The summed E-state index contributed by atoms with van der Waals surface area (Å²) in [5.41, 5.74) is 2.32. The van der Waals surface area contributed by atoms with Crippen LogP contribution in [0.25, 0.3) is 6.08 Å². The van der Waals surface area contributed by atoms with Gasteiger partial charge in [-0.1, -0.05) is 12.1 Å². The van der Waals surface area contributed by atoms with E-state index in [2.05, 4.69) is 27.9 Å². The fourth-order valence-corrected chi connectivity index (χ4v) is 2.50. The highest BCUT2D eigenvalue weighted by molar-refractivity contribution is 14.1. The highest BCUT2D eigenvalue weighted by atomic mass is 127. The van der Waals surface area contributed by atoms with E-state index in [9.17, 15) is 14.9 Å². The Bertz CT molecular complexity index is 757. The Morgan fingerprint density at radius 2 is 2.05 bits per heavy atom. The SMILES string of the molecule is Cc1cc(I)ccc1NC(=O)C=Cc1cccc([N+](=O)[O-])c1. The summed E-state index contributed by atoms with van der Waals surface area (Å²) in [6, 6.07) is 11.8. The third kappa shape index (κ3) is 4.39. The lowest BCUT2D eigenvalue weighted by atomic mass is 10.2. The van der Waals surface area contributed by atoms with Gasteiger partial charge in [0, 0.05) is 27.5 Å². The summed E-state index contributed by atoms with van der Waals surface area (Å²) >= 11 is 2.21. The number of carbonyl (C=O) groups excluding carboxylic acids is 1. The van der Waals surface area contributed by atoms with Crippen molar-refractivity contribution in [1.29, 1.82) is 0 Å². The minimum atomic E-state index is -0.466. The smallest absolute Gasteiger partial charge is 0.270 e. The maximum atomic E-state index is 11.9. The van der Waals surface area contributed by atoms with Gasteiger partial charge in [0.15, 0.2) is 0 Å². The molecule has 0 unspecified atom stereocenters. The van der Waals surface area contributed by atoms with Crippen LogP contribution in [0, 0.1) is 20.6 Å². The number of benzene rings is 2. The van der Waals surface area contributed by atoms with Crippen LogP contribution in [0.4, 0.5) is 11.4 Å². The molecule has 0 atom stereocenters. The van der Waals surface area contributed by atoms with E-state index in [-0.39, 0.29) is 11.6 Å². The molecule has 0 saturated heterocycles. The van der Waals surface area contributed by atoms with E-state index in [4.69, 9.17) is 0 Å². The second-order valence-electron chi connectivity index (χ2n) is 4.63. The number of rotatable bonds is 4. The van der Waals surface area contributed by atoms with Crippen molar-refractivity contribution in [3.05, 3.63) is 73.4 Å². The first kappa shape index (κ1) is 16.2. The molecule has 5 nitrogen and oxygen atoms in total. The van der Waals surface area contributed by atoms with Crippen molar-refractivity contribution >= 4 is 45.9 Å². The molecule has 0 heterocycles. The van der Waals surface area contributed by atoms with Crippen molar-refractivity contribution in [2.24, 2.45) is 0 Å². The highest BCUT2D eigenvalue weighted by Gasteiger charge is 2.05. The Labute approximate surface area is 141 Å². The van der Waals surface area contributed by atoms with Crippen LogP contribution in [-0.4, -0.2) is 10.8 Å². The van der Waals surface area contributed by atoms with E-state index in [0.717, 1.165) is 14.8 Å². The van der Waals surface area contributed by atoms with Crippen LogP contribution in [0.3, 0.4) is 0 Å². The predicted octanol–water partition coefficient (Wildman–Crippen LogP) is 4.16. The fourth-order valence-electron chi connectivity index (χ4n) is 1.86. The number of nitro benzene ring substituents is 1. The van der Waals surface area contributed by atoms with Crippen LogP contribution in [0.2, 0.25) is 0 Å². The van der Waals surface area contributed by atoms with Crippen molar-refractivity contribution in [2.45, 2.75) is 6.92 Å². The third-order valence-corrected chi connectivity index (χ3v) is 3.63. The first-order chi connectivity index (χ1) is 10.5. The molecule has 112 valence electrons. The number of carbonyl (C=O) groups is 1. The van der Waals surface area contributed by atoms with Gasteiger partial charge in [-0.25, -0.2) is 0 Å². The first-order valence-corrected chi connectivity index (χ1v) is 7.53. The summed E-state index contributed by atoms with van der Waals surface area (Å²) < 4.78 is 1.10. The van der Waals surface area contributed by atoms with Gasteiger partial charge in [0.2, 0.25) is 5.91 Å². The van der Waals surface area contributed by atoms with E-state index in [1.807, 2.05) is 25.1 Å². The Morgan fingerprint density at radius 3 is 2.73 bits per heavy atom. The Hall–Kier alpha value is -2.22. The molecule has 2 aromatic rings. The van der Waals surface area contributed by atoms with Gasteiger partial charge < -0.3 is 5.32 Å². The van der Waals surface area contributed by atoms with E-state index in [1.54, 1.807) is 18.2 Å². The first-order valence-electron chi connectivity index (χ1n) is 6.45. The Morgan fingerprint density at radius 1 is 1.27 bits per heavy atom. The Kier molecular flexibility index (Phi) is 5.26. The van der Waals surface area contributed by atoms with Gasteiger partial charge in [0.1, 0.15) is 0 Å². The van der Waals surface area contributed by atoms with E-state index < -0.39 is 4.92 Å². The quantitative estimate of drug-likeness (QED) is 0.358. The lowest BCUT2D eigenvalue weighted by molar-refractivity contribution is -0.384. The highest BCUT2D eigenvalue weighted by Crippen LogP contribution is 2.18. The van der Waals surface area contributed by atoms with Crippen LogP contribution in [-0.2, 0) is 4.79 Å². The summed E-state index contributed by atoms with van der Waals surface area (Å²) in [5.74, 6) is -0.282. The van der Waals surface area contributed by atoms with Crippen molar-refractivity contribution in [1.82, 2.24) is 0 Å². The third-order valence-electron chi connectivity index (χ3n) is 2.95. The zero-order valence-corrected chi connectivity index (χ0v) is 13.9. The monoisotopic (exact) mass is 408 g/mol. The van der Waals surface area contributed by atoms with Crippen LogP contribution in [0.15, 0.2) is 48.5 Å². The van der Waals surface area contributed by atoms with Gasteiger partial charge in [0.05, 0.1) is 4.92 Å². The van der Waals surface area contributed by atoms with Crippen LogP contribution in [0.1, 0.15) is 11.1 Å². The number of nitrogens with one attached hydrogen (secondary N) is 1. The maximum absolute atomic E-state index is 11.9. The van der Waals surface area contributed by atoms with Crippen molar-refractivity contribution in [3.8, 4) is 0 Å². The topological polar surface area (TPSA) is 72.2 Å². The molecule has 0 bridgehead atoms. The second-order valence-corrected chi connectivity index (χ2v) is 5.88. The Balaban J connectivity index is 2.08. The number of nitrogens with zero attached hydrogens (tertiary/aromatic N) is 1. The largest absolute Gasteiger partial charge is 0.322 e. The van der Waals surface area contributed by atoms with Crippen LogP contribution >= 0.6 is 22.6 Å². The molecule has 2 aromatic carbocycles. The zero-order valence-electron chi connectivity index (χ0n) is 11.7. The van der Waals surface area contributed by atoms with Crippen LogP contribution in [0.5, 0.6) is 0 Å². The average molecular weight is 408 g/mol. The molecule has 0 aliphatic carbocycles. The molecule has 2 rings (SSSR count). The van der Waals surface area contributed by atoms with Gasteiger partial charge in [-0.05, 0) is 64.9 Å². The molecule has 0 saturated carbocycles. The number of anilines is 1. The zero-order chi connectivity index (χ0) is 16.1. The summed E-state index contributed by atoms with van der Waals surface area (Å²) in [7, 11) is 0. The number of halogens is 1. The van der Waals surface area contributed by atoms with Gasteiger partial charge in [-0.15, -0.1) is 0 Å². The number of nitro groups is 1. The normalized spacial score (nSPS) is 10.6. The number of hydrogen-bond acceptors (Lipinski definition) is 3. The lowest BCUT2D eigenvalue weighted by Gasteiger charge is -2.06. The summed E-state index contributed by atoms with van der Waals surface area (Å²) in [4.78, 5) is 22.1. The summed E-state index contributed by atoms with van der Waals surface area (Å²) in [5, 5.41) is 13.5. The average Bonchev–Trinajstić information content (AvgIpc) is 2.48. The molecule has 0 spiro atoms. The molecule has 0 aliphatic rings. The molecule has 0 aliphatic heterocycles. The van der Waals surface area contributed by atoms with Gasteiger partial charge in [0.25, 0.3) is 5.69 Å². The van der Waals surface area contributed by atoms with Crippen molar-refractivity contribution < 1.29 is 9.72 Å². The van der Waals surface area contributed by atoms with Gasteiger partial charge in [-0.2, -0.15) is 0 Å². The maximum Gasteiger partial charge on any atom is 0.270 e. The molecule has 0 fully saturated rings. The summed E-state index contributed by atoms with van der Waals surface area (Å²) in [6.45, 7) is 1.92.